The zero-order valence-corrected chi connectivity index (χ0v) is 11.3. The molecule has 0 aromatic heterocycles. The Morgan fingerprint density at radius 1 is 1.50 bits per heavy atom. The van der Waals surface area contributed by atoms with Crippen LogP contribution in [-0.2, 0) is 0 Å². The van der Waals surface area contributed by atoms with Gasteiger partial charge in [0, 0.05) is 11.6 Å². The number of hydrogen-bond acceptors (Lipinski definition) is 2. The maximum Gasteiger partial charge on any atom is 0.251 e. The summed E-state index contributed by atoms with van der Waals surface area (Å²) in [5.41, 5.74) is 0.629. The van der Waals surface area contributed by atoms with Crippen LogP contribution in [0.3, 0.4) is 0 Å². The van der Waals surface area contributed by atoms with Crippen LogP contribution < -0.4 is 10.1 Å². The van der Waals surface area contributed by atoms with Gasteiger partial charge in [0.05, 0.1) is 11.1 Å². The third-order valence-corrected chi connectivity index (χ3v) is 2.53. The average molecular weight is 286 g/mol. The molecule has 4 heteroatoms. The normalized spacial score (nSPS) is 10.3. The highest BCUT2D eigenvalue weighted by Gasteiger charge is 2.09. The zero-order valence-electron chi connectivity index (χ0n) is 9.71. The van der Waals surface area contributed by atoms with Crippen LogP contribution in [-0.4, -0.2) is 18.6 Å². The first kappa shape index (κ1) is 13.0. The van der Waals surface area contributed by atoms with Gasteiger partial charge < -0.3 is 10.1 Å². The molecule has 1 amide bonds. The van der Waals surface area contributed by atoms with Crippen molar-refractivity contribution in [2.45, 2.75) is 26.8 Å². The van der Waals surface area contributed by atoms with Crippen molar-refractivity contribution < 1.29 is 9.53 Å². The van der Waals surface area contributed by atoms with Crippen LogP contribution in [0.25, 0.3) is 0 Å². The minimum atomic E-state index is -0.0706. The van der Waals surface area contributed by atoms with Gasteiger partial charge in [-0.05, 0) is 54.9 Å². The standard InChI is InChI=1S/C12H16BrNO2/c1-4-16-11-6-5-9(7-10(11)13)12(15)14-8(2)3/h5-8H,4H2,1-3H3,(H,14,15). The van der Waals surface area contributed by atoms with Crippen molar-refractivity contribution in [1.82, 2.24) is 5.32 Å². The van der Waals surface area contributed by atoms with Gasteiger partial charge in [0.25, 0.3) is 5.91 Å². The van der Waals surface area contributed by atoms with Crippen LogP contribution >= 0.6 is 15.9 Å². The third kappa shape index (κ3) is 3.52. The molecule has 0 radical (unpaired) electrons. The summed E-state index contributed by atoms with van der Waals surface area (Å²) in [4.78, 5) is 11.7. The first-order valence-corrected chi connectivity index (χ1v) is 6.07. The van der Waals surface area contributed by atoms with Crippen LogP contribution in [0.5, 0.6) is 5.75 Å². The minimum absolute atomic E-state index is 0.0706. The fraction of sp³-hybridized carbons (Fsp3) is 0.417. The van der Waals surface area contributed by atoms with Gasteiger partial charge in [-0.2, -0.15) is 0 Å². The van der Waals surface area contributed by atoms with Crippen LogP contribution in [0.4, 0.5) is 0 Å². The van der Waals surface area contributed by atoms with Crippen LogP contribution in [0, 0.1) is 0 Å². The van der Waals surface area contributed by atoms with Crippen LogP contribution in [0.15, 0.2) is 22.7 Å². The van der Waals surface area contributed by atoms with Crippen LogP contribution in [0.2, 0.25) is 0 Å². The van der Waals surface area contributed by atoms with E-state index in [-0.39, 0.29) is 11.9 Å². The van der Waals surface area contributed by atoms with E-state index in [2.05, 4.69) is 21.2 Å². The van der Waals surface area contributed by atoms with Gasteiger partial charge in [0.1, 0.15) is 5.75 Å². The summed E-state index contributed by atoms with van der Waals surface area (Å²) in [6.45, 7) is 6.39. The molecule has 0 saturated heterocycles. The van der Waals surface area contributed by atoms with E-state index < -0.39 is 0 Å². The van der Waals surface area contributed by atoms with Crippen molar-refractivity contribution in [1.29, 1.82) is 0 Å². The second kappa shape index (κ2) is 5.89. The largest absolute Gasteiger partial charge is 0.493 e. The molecule has 0 fully saturated rings. The van der Waals surface area contributed by atoms with Crippen LogP contribution in [0.1, 0.15) is 31.1 Å². The average Bonchev–Trinajstić information content (AvgIpc) is 2.20. The van der Waals surface area contributed by atoms with Crippen molar-refractivity contribution in [2.24, 2.45) is 0 Å². The fourth-order valence-electron chi connectivity index (χ4n) is 1.26. The van der Waals surface area contributed by atoms with Gasteiger partial charge in [0.15, 0.2) is 0 Å². The summed E-state index contributed by atoms with van der Waals surface area (Å²) < 4.78 is 6.17. The first-order chi connectivity index (χ1) is 7.54. The first-order valence-electron chi connectivity index (χ1n) is 5.27. The van der Waals surface area contributed by atoms with E-state index >= 15 is 0 Å². The number of carbonyl (C=O) groups excluding carboxylic acids is 1. The summed E-state index contributed by atoms with van der Waals surface area (Å²) in [7, 11) is 0. The molecule has 88 valence electrons. The number of rotatable bonds is 4. The second-order valence-corrected chi connectivity index (χ2v) is 4.56. The predicted octanol–water partition coefficient (Wildman–Crippen LogP) is 2.99. The minimum Gasteiger partial charge on any atom is -0.493 e. The van der Waals surface area contributed by atoms with E-state index in [1.807, 2.05) is 20.8 Å². The summed E-state index contributed by atoms with van der Waals surface area (Å²) in [5, 5.41) is 2.84. The van der Waals surface area contributed by atoms with Gasteiger partial charge in [-0.25, -0.2) is 0 Å². The number of ether oxygens (including phenoxy) is 1. The van der Waals surface area contributed by atoms with Crippen molar-refractivity contribution in [3.63, 3.8) is 0 Å². The van der Waals surface area contributed by atoms with Crippen molar-refractivity contribution in [2.75, 3.05) is 6.61 Å². The maximum absolute atomic E-state index is 11.7. The lowest BCUT2D eigenvalue weighted by molar-refractivity contribution is 0.0943. The molecule has 1 aromatic rings. The Balaban J connectivity index is 2.84. The Hall–Kier alpha value is -1.03. The number of benzene rings is 1. The van der Waals surface area contributed by atoms with E-state index in [4.69, 9.17) is 4.74 Å². The molecule has 0 aliphatic carbocycles. The highest BCUT2D eigenvalue weighted by molar-refractivity contribution is 9.10. The SMILES string of the molecule is CCOc1ccc(C(=O)NC(C)C)cc1Br. The molecular formula is C12H16BrNO2. The molecule has 0 bridgehead atoms. The fourth-order valence-corrected chi connectivity index (χ4v) is 1.75. The quantitative estimate of drug-likeness (QED) is 0.924. The van der Waals surface area contributed by atoms with Gasteiger partial charge in [-0.1, -0.05) is 0 Å². The number of halogens is 1. The van der Waals surface area contributed by atoms with Crippen molar-refractivity contribution in [3.8, 4) is 5.75 Å². The van der Waals surface area contributed by atoms with Gasteiger partial charge in [-0.3, -0.25) is 4.79 Å². The summed E-state index contributed by atoms with van der Waals surface area (Å²) in [5.74, 6) is 0.683. The summed E-state index contributed by atoms with van der Waals surface area (Å²) >= 11 is 3.38. The lowest BCUT2D eigenvalue weighted by Gasteiger charge is -2.10. The van der Waals surface area contributed by atoms with E-state index in [1.54, 1.807) is 18.2 Å². The molecule has 1 rings (SSSR count). The molecule has 0 saturated carbocycles. The Morgan fingerprint density at radius 3 is 2.69 bits per heavy atom. The Morgan fingerprint density at radius 2 is 2.19 bits per heavy atom. The molecule has 0 aliphatic heterocycles. The Bertz CT molecular complexity index is 377. The van der Waals surface area contributed by atoms with Crippen molar-refractivity contribution >= 4 is 21.8 Å². The van der Waals surface area contributed by atoms with E-state index in [1.165, 1.54) is 0 Å². The molecule has 0 atom stereocenters. The molecule has 1 aromatic carbocycles. The Kier molecular flexibility index (Phi) is 4.80. The lowest BCUT2D eigenvalue weighted by atomic mass is 10.2. The predicted molar refractivity (Wildman–Crippen MR) is 67.9 cm³/mol. The van der Waals surface area contributed by atoms with Gasteiger partial charge in [0.2, 0.25) is 0 Å². The summed E-state index contributed by atoms with van der Waals surface area (Å²) in [6, 6.07) is 5.46. The zero-order chi connectivity index (χ0) is 12.1. The molecule has 1 N–H and O–H groups in total. The van der Waals surface area contributed by atoms with E-state index in [0.29, 0.717) is 12.2 Å². The van der Waals surface area contributed by atoms with E-state index in [0.717, 1.165) is 10.2 Å². The van der Waals surface area contributed by atoms with Gasteiger partial charge >= 0.3 is 0 Å². The number of nitrogens with one attached hydrogen (secondary N) is 1. The highest BCUT2D eigenvalue weighted by Crippen LogP contribution is 2.25. The molecule has 0 heterocycles. The summed E-state index contributed by atoms with van der Waals surface area (Å²) in [6.07, 6.45) is 0. The molecule has 3 nitrogen and oxygen atoms in total. The maximum atomic E-state index is 11.7. The number of hydrogen-bond donors (Lipinski definition) is 1. The monoisotopic (exact) mass is 285 g/mol. The second-order valence-electron chi connectivity index (χ2n) is 3.71. The van der Waals surface area contributed by atoms with Gasteiger partial charge in [-0.15, -0.1) is 0 Å². The highest BCUT2D eigenvalue weighted by atomic mass is 79.9. The molecule has 0 spiro atoms. The number of amides is 1. The topological polar surface area (TPSA) is 38.3 Å². The smallest absolute Gasteiger partial charge is 0.251 e. The Labute approximate surface area is 104 Å². The molecule has 0 unspecified atom stereocenters. The van der Waals surface area contributed by atoms with E-state index in [9.17, 15) is 4.79 Å². The third-order valence-electron chi connectivity index (χ3n) is 1.91. The number of carbonyl (C=O) groups is 1. The lowest BCUT2D eigenvalue weighted by Crippen LogP contribution is -2.30. The van der Waals surface area contributed by atoms with Crippen molar-refractivity contribution in [3.05, 3.63) is 28.2 Å². The molecular weight excluding hydrogens is 270 g/mol. The molecule has 16 heavy (non-hydrogen) atoms. The molecule has 0 aliphatic rings.